The Morgan fingerprint density at radius 2 is 1.42 bits per heavy atom. The number of benzene rings is 2. The lowest BCUT2D eigenvalue weighted by Gasteiger charge is -2.40. The molecule has 2 fully saturated rings. The molecule has 8 nitrogen and oxygen atoms in total. The molecule has 36 heavy (non-hydrogen) atoms. The van der Waals surface area contributed by atoms with Gasteiger partial charge in [-0.1, -0.05) is 48.0 Å². The lowest BCUT2D eigenvalue weighted by atomic mass is 9.72. The summed E-state index contributed by atoms with van der Waals surface area (Å²) in [4.78, 5) is 63.0. The van der Waals surface area contributed by atoms with Crippen molar-refractivity contribution >= 4 is 52.3 Å². The fourth-order valence-electron chi connectivity index (χ4n) is 5.79. The SMILES string of the molecule is CN1c2cc(Cl)cnc2[C@H](C2CC(=O)N(c3ccccc3)C2=O)[C@@H]2C(=O)N(c3ccccc3)C(=O)[C@@H]21. The summed E-state index contributed by atoms with van der Waals surface area (Å²) >= 11 is 6.26. The number of likely N-dealkylation sites (N-methyl/N-ethyl adjacent to an activating group) is 1. The highest BCUT2D eigenvalue weighted by Gasteiger charge is 2.61. The molecule has 0 aliphatic carbocycles. The minimum atomic E-state index is -0.888. The van der Waals surface area contributed by atoms with Crippen molar-refractivity contribution in [1.82, 2.24) is 4.98 Å². The van der Waals surface area contributed by atoms with Gasteiger partial charge in [-0.3, -0.25) is 29.1 Å². The molecule has 3 aromatic rings. The van der Waals surface area contributed by atoms with Crippen molar-refractivity contribution in [2.75, 3.05) is 21.7 Å². The predicted molar refractivity (Wildman–Crippen MR) is 134 cm³/mol. The maximum atomic E-state index is 13.9. The predicted octanol–water partition coefficient (Wildman–Crippen LogP) is 3.41. The van der Waals surface area contributed by atoms with Gasteiger partial charge in [-0.25, -0.2) is 4.90 Å². The van der Waals surface area contributed by atoms with E-state index in [9.17, 15) is 19.2 Å². The van der Waals surface area contributed by atoms with Gasteiger partial charge in [0.05, 0.1) is 39.6 Å². The lowest BCUT2D eigenvalue weighted by Crippen LogP contribution is -2.50. The summed E-state index contributed by atoms with van der Waals surface area (Å²) in [5.74, 6) is -4.05. The van der Waals surface area contributed by atoms with E-state index in [1.54, 1.807) is 78.7 Å². The smallest absolute Gasteiger partial charge is 0.257 e. The van der Waals surface area contributed by atoms with E-state index < -0.39 is 35.6 Å². The second-order valence-electron chi connectivity index (χ2n) is 9.23. The summed E-state index contributed by atoms with van der Waals surface area (Å²) in [7, 11) is 1.72. The molecule has 2 aromatic carbocycles. The van der Waals surface area contributed by atoms with Gasteiger partial charge in [-0.2, -0.15) is 0 Å². The number of rotatable bonds is 3. The number of carbonyl (C=O) groups excluding carboxylic acids is 4. The summed E-state index contributed by atoms with van der Waals surface area (Å²) in [5, 5.41) is 0.370. The van der Waals surface area contributed by atoms with Crippen LogP contribution >= 0.6 is 11.6 Å². The first kappa shape index (κ1) is 22.4. The number of hydrogen-bond acceptors (Lipinski definition) is 6. The number of carbonyl (C=O) groups is 4. The molecule has 3 aliphatic rings. The van der Waals surface area contributed by atoms with Crippen molar-refractivity contribution in [3.63, 3.8) is 0 Å². The summed E-state index contributed by atoms with van der Waals surface area (Å²) in [5.41, 5.74) is 2.00. The monoisotopic (exact) mass is 500 g/mol. The first-order valence-corrected chi connectivity index (χ1v) is 12.0. The van der Waals surface area contributed by atoms with Gasteiger partial charge in [0.2, 0.25) is 17.7 Å². The van der Waals surface area contributed by atoms with Crippen LogP contribution < -0.4 is 14.7 Å². The first-order chi connectivity index (χ1) is 17.4. The third-order valence-corrected chi connectivity index (χ3v) is 7.53. The number of pyridine rings is 1. The Kier molecular flexibility index (Phi) is 5.15. The van der Waals surface area contributed by atoms with Crippen molar-refractivity contribution in [3.05, 3.63) is 83.6 Å². The van der Waals surface area contributed by atoms with Crippen LogP contribution in [0.5, 0.6) is 0 Å². The van der Waals surface area contributed by atoms with Gasteiger partial charge in [0.1, 0.15) is 6.04 Å². The number of aromatic nitrogens is 1. The maximum Gasteiger partial charge on any atom is 0.257 e. The number of anilines is 3. The number of imide groups is 2. The Hall–Kier alpha value is -4.04. The topological polar surface area (TPSA) is 90.9 Å². The van der Waals surface area contributed by atoms with Gasteiger partial charge in [0, 0.05) is 25.6 Å². The average Bonchev–Trinajstić information content (AvgIpc) is 3.32. The van der Waals surface area contributed by atoms with E-state index in [1.165, 1.54) is 16.0 Å². The highest BCUT2D eigenvalue weighted by molar-refractivity contribution is 6.31. The van der Waals surface area contributed by atoms with Gasteiger partial charge in [0.25, 0.3) is 5.91 Å². The zero-order valence-electron chi connectivity index (χ0n) is 19.2. The number of nitrogens with zero attached hydrogens (tertiary/aromatic N) is 4. The number of amides is 4. The van der Waals surface area contributed by atoms with Crippen LogP contribution in [0.25, 0.3) is 0 Å². The van der Waals surface area contributed by atoms with Gasteiger partial charge >= 0.3 is 0 Å². The highest BCUT2D eigenvalue weighted by Crippen LogP contribution is 2.51. The molecule has 0 spiro atoms. The summed E-state index contributed by atoms with van der Waals surface area (Å²) in [6.07, 6.45) is 1.38. The Balaban J connectivity index is 1.49. The summed E-state index contributed by atoms with van der Waals surface area (Å²) in [6, 6.07) is 18.3. The molecule has 0 radical (unpaired) electrons. The van der Waals surface area contributed by atoms with Crippen molar-refractivity contribution in [2.45, 2.75) is 18.4 Å². The van der Waals surface area contributed by atoms with Crippen molar-refractivity contribution in [2.24, 2.45) is 11.8 Å². The average molecular weight is 501 g/mol. The highest BCUT2D eigenvalue weighted by atomic mass is 35.5. The Labute approximate surface area is 212 Å². The molecular weight excluding hydrogens is 480 g/mol. The molecule has 4 atom stereocenters. The van der Waals surface area contributed by atoms with Gasteiger partial charge in [-0.05, 0) is 30.3 Å². The molecule has 0 bridgehead atoms. The molecule has 1 aromatic heterocycles. The molecule has 9 heteroatoms. The number of fused-ring (bicyclic) bond motifs is 2. The molecular formula is C27H21ClN4O4. The van der Waals surface area contributed by atoms with Crippen molar-refractivity contribution < 1.29 is 19.2 Å². The minimum Gasteiger partial charge on any atom is -0.360 e. The van der Waals surface area contributed by atoms with E-state index in [2.05, 4.69) is 4.98 Å². The molecule has 180 valence electrons. The minimum absolute atomic E-state index is 0.0815. The maximum absolute atomic E-state index is 13.9. The van der Waals surface area contributed by atoms with Crippen molar-refractivity contribution in [3.8, 4) is 0 Å². The van der Waals surface area contributed by atoms with Gasteiger partial charge in [0.15, 0.2) is 0 Å². The van der Waals surface area contributed by atoms with Crippen LogP contribution in [0.15, 0.2) is 72.9 Å². The quantitative estimate of drug-likeness (QED) is 0.512. The fourth-order valence-corrected chi connectivity index (χ4v) is 5.94. The van der Waals surface area contributed by atoms with E-state index >= 15 is 0 Å². The fraction of sp³-hybridized carbons (Fsp3) is 0.222. The molecule has 1 unspecified atom stereocenters. The first-order valence-electron chi connectivity index (χ1n) is 11.6. The summed E-state index contributed by atoms with van der Waals surface area (Å²) < 4.78 is 0. The van der Waals surface area contributed by atoms with Crippen LogP contribution in [0.4, 0.5) is 17.1 Å². The van der Waals surface area contributed by atoms with Crippen LogP contribution in [0.1, 0.15) is 18.0 Å². The molecule has 0 saturated carbocycles. The van der Waals surface area contributed by atoms with Crippen LogP contribution in [0.2, 0.25) is 5.02 Å². The van der Waals surface area contributed by atoms with Crippen molar-refractivity contribution in [1.29, 1.82) is 0 Å². The van der Waals surface area contributed by atoms with Crippen LogP contribution in [0, 0.1) is 11.8 Å². The Bertz CT molecular complexity index is 1410. The Morgan fingerprint density at radius 1 is 0.806 bits per heavy atom. The molecule has 4 amide bonds. The van der Waals surface area contributed by atoms with Gasteiger partial charge < -0.3 is 4.90 Å². The zero-order valence-corrected chi connectivity index (χ0v) is 20.0. The second-order valence-corrected chi connectivity index (χ2v) is 9.66. The molecule has 3 aliphatic heterocycles. The third kappa shape index (κ3) is 3.18. The zero-order chi connectivity index (χ0) is 25.1. The Morgan fingerprint density at radius 3 is 2.06 bits per heavy atom. The molecule has 0 N–H and O–H groups in total. The van der Waals surface area contributed by atoms with E-state index in [0.717, 1.165) is 0 Å². The van der Waals surface area contributed by atoms with E-state index in [1.807, 2.05) is 0 Å². The van der Waals surface area contributed by atoms with Crippen LogP contribution in [-0.4, -0.2) is 41.7 Å². The number of halogens is 1. The molecule has 2 saturated heterocycles. The lowest BCUT2D eigenvalue weighted by molar-refractivity contribution is -0.124. The number of hydrogen-bond donors (Lipinski definition) is 0. The third-order valence-electron chi connectivity index (χ3n) is 7.33. The molecule has 4 heterocycles. The largest absolute Gasteiger partial charge is 0.360 e. The summed E-state index contributed by atoms with van der Waals surface area (Å²) in [6.45, 7) is 0. The van der Waals surface area contributed by atoms with Crippen LogP contribution in [-0.2, 0) is 19.2 Å². The van der Waals surface area contributed by atoms with Crippen LogP contribution in [0.3, 0.4) is 0 Å². The van der Waals surface area contributed by atoms with E-state index in [-0.39, 0.29) is 18.2 Å². The van der Waals surface area contributed by atoms with Gasteiger partial charge in [-0.15, -0.1) is 0 Å². The van der Waals surface area contributed by atoms with E-state index in [0.29, 0.717) is 27.8 Å². The standard InChI is InChI=1S/C27H21ClN4O4/c1-30-19-12-15(28)14-29-23(19)21(18-13-20(33)31(25(18)34)16-8-4-2-5-9-16)22-24(30)27(36)32(26(22)35)17-10-6-3-7-11-17/h2-12,14,18,21-22,24H,13H2,1H3/t18?,21-,22+,24-/m1/s1. The number of para-hydroxylation sites is 2. The molecule has 6 rings (SSSR count). The van der Waals surface area contributed by atoms with E-state index in [4.69, 9.17) is 11.6 Å². The normalized spacial score (nSPS) is 25.4. The second kappa shape index (κ2) is 8.27.